The molecule has 1 aliphatic heterocycles. The van der Waals surface area contributed by atoms with E-state index >= 15 is 0 Å². The second kappa shape index (κ2) is 10.9. The van der Waals surface area contributed by atoms with Gasteiger partial charge in [0, 0.05) is 37.0 Å². The van der Waals surface area contributed by atoms with E-state index in [0.29, 0.717) is 49.3 Å². The lowest BCUT2D eigenvalue weighted by Crippen LogP contribution is -2.44. The molecule has 1 saturated carbocycles. The first kappa shape index (κ1) is 25.3. The Morgan fingerprint density at radius 3 is 2.60 bits per heavy atom. The Kier molecular flexibility index (Phi) is 7.88. The predicted octanol–water partition coefficient (Wildman–Crippen LogP) is 2.13. The average molecular weight is 503 g/mol. The number of amides is 2. The lowest BCUT2D eigenvalue weighted by atomic mass is 10.2. The van der Waals surface area contributed by atoms with E-state index in [-0.39, 0.29) is 23.1 Å². The summed E-state index contributed by atoms with van der Waals surface area (Å²) >= 11 is 0. The molecule has 2 aromatic rings. The van der Waals surface area contributed by atoms with Gasteiger partial charge in [-0.2, -0.15) is 0 Å². The van der Waals surface area contributed by atoms with Crippen molar-refractivity contribution in [3.05, 3.63) is 36.0 Å². The third-order valence-corrected chi connectivity index (χ3v) is 8.24. The van der Waals surface area contributed by atoms with Crippen molar-refractivity contribution >= 4 is 27.4 Å². The molecule has 1 saturated heterocycles. The van der Waals surface area contributed by atoms with Crippen LogP contribution in [0.15, 0.2) is 30.3 Å². The molecule has 1 aromatic carbocycles. The lowest BCUT2D eigenvalue weighted by Gasteiger charge is -2.34. The number of benzene rings is 1. The Morgan fingerprint density at radius 2 is 1.94 bits per heavy atom. The third kappa shape index (κ3) is 6.89. The van der Waals surface area contributed by atoms with Crippen LogP contribution in [0.25, 0.3) is 11.4 Å². The first-order valence-corrected chi connectivity index (χ1v) is 13.7. The maximum Gasteiger partial charge on any atom is 0.319 e. The second-order valence-electron chi connectivity index (χ2n) is 9.43. The summed E-state index contributed by atoms with van der Waals surface area (Å²) in [4.78, 5) is 25.6. The zero-order chi connectivity index (χ0) is 25.0. The molecule has 2 aliphatic rings. The molecule has 0 bridgehead atoms. The van der Waals surface area contributed by atoms with Crippen molar-refractivity contribution in [2.75, 3.05) is 57.2 Å². The number of morpholine rings is 1. The van der Waals surface area contributed by atoms with Gasteiger partial charge in [-0.05, 0) is 58.1 Å². The molecule has 0 radical (unpaired) electrons. The molecule has 11 heteroatoms. The number of hydrogen-bond acceptors (Lipinski definition) is 8. The van der Waals surface area contributed by atoms with Crippen LogP contribution in [0.3, 0.4) is 0 Å². The Morgan fingerprint density at radius 1 is 1.20 bits per heavy atom. The molecule has 1 atom stereocenters. The van der Waals surface area contributed by atoms with Gasteiger partial charge in [-0.1, -0.05) is 0 Å². The third-order valence-electron chi connectivity index (χ3n) is 6.05. The van der Waals surface area contributed by atoms with Gasteiger partial charge in [0.15, 0.2) is 15.7 Å². The number of rotatable bonds is 9. The van der Waals surface area contributed by atoms with E-state index < -0.39 is 9.84 Å². The quantitative estimate of drug-likeness (QED) is 0.536. The van der Waals surface area contributed by atoms with Crippen LogP contribution in [-0.2, 0) is 20.3 Å². The number of likely N-dealkylation sites (N-methyl/N-ethyl adjacent to an activating group) is 1. The number of nitrogens with zero attached hydrogens (tertiary/aromatic N) is 4. The summed E-state index contributed by atoms with van der Waals surface area (Å²) in [5.41, 5.74) is 1.89. The lowest BCUT2D eigenvalue weighted by molar-refractivity contribution is 0.0985. The van der Waals surface area contributed by atoms with Crippen molar-refractivity contribution in [3.8, 4) is 11.4 Å². The monoisotopic (exact) mass is 502 g/mol. The molecule has 0 unspecified atom stereocenters. The number of sulfone groups is 1. The van der Waals surface area contributed by atoms with Gasteiger partial charge in [-0.3, -0.25) is 0 Å². The summed E-state index contributed by atoms with van der Waals surface area (Å²) in [5, 5.41) is 5.38. The van der Waals surface area contributed by atoms with E-state index in [1.165, 1.54) is 0 Å². The fraction of sp³-hybridized carbons (Fsp3) is 0.542. The van der Waals surface area contributed by atoms with Crippen molar-refractivity contribution in [1.82, 2.24) is 20.2 Å². The highest BCUT2D eigenvalue weighted by atomic mass is 32.2. The normalized spacial score (nSPS) is 18.5. The second-order valence-corrected chi connectivity index (χ2v) is 11.7. The first-order chi connectivity index (χ1) is 16.7. The van der Waals surface area contributed by atoms with Gasteiger partial charge in [0.05, 0.1) is 36.0 Å². The van der Waals surface area contributed by atoms with E-state index in [1.54, 1.807) is 18.2 Å². The topological polar surface area (TPSA) is 117 Å². The minimum absolute atomic E-state index is 0.0916. The van der Waals surface area contributed by atoms with Crippen LogP contribution >= 0.6 is 0 Å². The minimum atomic E-state index is -3.22. The number of hydrogen-bond donors (Lipinski definition) is 2. The van der Waals surface area contributed by atoms with Crippen LogP contribution in [0, 0.1) is 0 Å². The number of ether oxygens (including phenoxy) is 1. The highest BCUT2D eigenvalue weighted by molar-refractivity contribution is 7.91. The molecule has 2 fully saturated rings. The smallest absolute Gasteiger partial charge is 0.319 e. The van der Waals surface area contributed by atoms with Crippen molar-refractivity contribution in [2.45, 2.75) is 36.8 Å². The largest absolute Gasteiger partial charge is 0.377 e. The number of carbonyl (C=O) groups excluding carboxylic acids is 1. The van der Waals surface area contributed by atoms with Gasteiger partial charge in [0.25, 0.3) is 0 Å². The van der Waals surface area contributed by atoms with E-state index in [1.807, 2.05) is 31.1 Å². The Hall–Kier alpha value is -2.76. The maximum absolute atomic E-state index is 12.7. The van der Waals surface area contributed by atoms with E-state index in [4.69, 9.17) is 9.72 Å². The number of urea groups is 1. The van der Waals surface area contributed by atoms with E-state index in [9.17, 15) is 13.2 Å². The summed E-state index contributed by atoms with van der Waals surface area (Å²) in [6, 6.07) is 8.87. The molecule has 2 amide bonds. The number of aromatic nitrogens is 2. The molecular weight excluding hydrogens is 468 g/mol. The number of carbonyl (C=O) groups is 1. The van der Waals surface area contributed by atoms with Crippen molar-refractivity contribution < 1.29 is 17.9 Å². The van der Waals surface area contributed by atoms with Crippen molar-refractivity contribution in [3.63, 3.8) is 0 Å². The van der Waals surface area contributed by atoms with Crippen LogP contribution in [0.2, 0.25) is 0 Å². The summed E-state index contributed by atoms with van der Waals surface area (Å²) in [5.74, 6) is 1.07. The molecule has 1 aromatic heterocycles. The van der Waals surface area contributed by atoms with Crippen molar-refractivity contribution in [2.24, 2.45) is 0 Å². The molecule has 0 spiro atoms. The Labute approximate surface area is 207 Å². The van der Waals surface area contributed by atoms with Crippen LogP contribution < -0.4 is 15.5 Å². The maximum atomic E-state index is 12.7. The summed E-state index contributed by atoms with van der Waals surface area (Å²) in [6.07, 6.45) is 1.45. The SMILES string of the molecule is C[C@H]1COCCN1c1cc(CS(=O)(=O)C2CC2)nc(-c2ccc(NC(=O)NCCN(C)C)cc2)n1. The highest BCUT2D eigenvalue weighted by Gasteiger charge is 2.36. The highest BCUT2D eigenvalue weighted by Crippen LogP contribution is 2.32. The molecule has 35 heavy (non-hydrogen) atoms. The fourth-order valence-electron chi connectivity index (χ4n) is 3.92. The van der Waals surface area contributed by atoms with E-state index in [2.05, 4.69) is 27.4 Å². The molecule has 1 aliphatic carbocycles. The van der Waals surface area contributed by atoms with Crippen LogP contribution in [0.1, 0.15) is 25.5 Å². The molecule has 10 nitrogen and oxygen atoms in total. The summed E-state index contributed by atoms with van der Waals surface area (Å²) < 4.78 is 30.9. The summed E-state index contributed by atoms with van der Waals surface area (Å²) in [7, 11) is 0.668. The number of nitrogens with one attached hydrogen (secondary N) is 2. The van der Waals surface area contributed by atoms with Gasteiger partial charge < -0.3 is 25.2 Å². The van der Waals surface area contributed by atoms with Crippen LogP contribution in [0.4, 0.5) is 16.3 Å². The minimum Gasteiger partial charge on any atom is -0.377 e. The van der Waals surface area contributed by atoms with Crippen LogP contribution in [-0.4, -0.2) is 87.6 Å². The van der Waals surface area contributed by atoms with Gasteiger partial charge in [0.2, 0.25) is 0 Å². The fourth-order valence-corrected chi connectivity index (χ4v) is 5.57. The molecule has 4 rings (SSSR count). The average Bonchev–Trinajstić information content (AvgIpc) is 3.65. The van der Waals surface area contributed by atoms with Crippen molar-refractivity contribution in [1.29, 1.82) is 0 Å². The number of anilines is 2. The molecule has 2 N–H and O–H groups in total. The predicted molar refractivity (Wildman–Crippen MR) is 136 cm³/mol. The molecule has 2 heterocycles. The Balaban J connectivity index is 1.55. The Bertz CT molecular complexity index is 1140. The van der Waals surface area contributed by atoms with E-state index in [0.717, 1.165) is 24.9 Å². The molecular formula is C24H34N6O4S. The summed E-state index contributed by atoms with van der Waals surface area (Å²) in [6.45, 7) is 5.22. The van der Waals surface area contributed by atoms with Crippen LogP contribution in [0.5, 0.6) is 0 Å². The zero-order valence-corrected chi connectivity index (χ0v) is 21.3. The van der Waals surface area contributed by atoms with Gasteiger partial charge in [0.1, 0.15) is 5.82 Å². The van der Waals surface area contributed by atoms with Gasteiger partial charge >= 0.3 is 6.03 Å². The zero-order valence-electron chi connectivity index (χ0n) is 20.5. The van der Waals surface area contributed by atoms with Gasteiger partial charge in [-0.15, -0.1) is 0 Å². The molecule has 190 valence electrons. The first-order valence-electron chi connectivity index (χ1n) is 12.0. The van der Waals surface area contributed by atoms with Gasteiger partial charge in [-0.25, -0.2) is 23.2 Å². The standard InChI is InChI=1S/C24H34N6O4S/c1-17-15-34-13-12-30(17)22-14-20(16-35(32,33)21-8-9-21)26-23(28-22)18-4-6-19(7-5-18)27-24(31)25-10-11-29(2)3/h4-7,14,17,21H,8-13,15-16H2,1-3H3,(H2,25,27,31)/t17-/m0/s1.